The van der Waals surface area contributed by atoms with Gasteiger partial charge in [-0.05, 0) is 50.8 Å². The van der Waals surface area contributed by atoms with Crippen molar-refractivity contribution in [3.05, 3.63) is 42.5 Å². The Morgan fingerprint density at radius 2 is 1.72 bits per heavy atom. The van der Waals surface area contributed by atoms with E-state index in [1.54, 1.807) is 12.1 Å². The van der Waals surface area contributed by atoms with Crippen LogP contribution in [0.2, 0.25) is 0 Å². The Balaban J connectivity index is 1.24. The minimum atomic E-state index is -3.49. The topological polar surface area (TPSA) is 61.9 Å². The Labute approximate surface area is 176 Å². The van der Waals surface area contributed by atoms with Crippen LogP contribution in [0.3, 0.4) is 0 Å². The van der Waals surface area contributed by atoms with Gasteiger partial charge in [0.1, 0.15) is 0 Å². The zero-order valence-corrected chi connectivity index (χ0v) is 18.2. The highest BCUT2D eigenvalue weighted by molar-refractivity contribution is 7.90. The van der Waals surface area contributed by atoms with Gasteiger partial charge in [0, 0.05) is 38.5 Å². The van der Waals surface area contributed by atoms with Crippen molar-refractivity contribution in [3.8, 4) is 0 Å². The molecule has 0 radical (unpaired) electrons. The lowest BCUT2D eigenvalue weighted by atomic mass is 10.1. The second-order valence-corrected chi connectivity index (χ2v) is 9.59. The number of hydrogen-bond donors (Lipinski definition) is 1. The molecule has 1 aromatic rings. The number of para-hydroxylation sites is 1. The molecule has 29 heavy (non-hydrogen) atoms. The molecule has 0 aliphatic carbocycles. The van der Waals surface area contributed by atoms with E-state index in [2.05, 4.69) is 21.8 Å². The van der Waals surface area contributed by atoms with E-state index >= 15 is 0 Å². The smallest absolute Gasteiger partial charge is 0.301 e. The molecule has 6 nitrogen and oxygen atoms in total. The lowest BCUT2D eigenvalue weighted by Gasteiger charge is -2.31. The summed E-state index contributed by atoms with van der Waals surface area (Å²) < 4.78 is 35.2. The standard InChI is InChI=1S/C22H35N3O3S/c26-29(27,23-21-11-5-3-6-12-21)25-18-13-22(14-19-25)28-20-10-2-1-7-15-24-16-8-4-9-17-24/h3-6,8,11-12,22-23H,1-2,7,9-10,13-20H2. The molecule has 2 aliphatic heterocycles. The average Bonchev–Trinajstić information content (AvgIpc) is 2.74. The third kappa shape index (κ3) is 7.74. The summed E-state index contributed by atoms with van der Waals surface area (Å²) in [6, 6.07) is 9.03. The van der Waals surface area contributed by atoms with Crippen LogP contribution in [0.25, 0.3) is 0 Å². The SMILES string of the molecule is O=S(=O)(Nc1ccccc1)N1CCC(OCCCCCCN2CC=CCC2)CC1. The first-order valence-corrected chi connectivity index (χ1v) is 12.4. The molecule has 1 saturated heterocycles. The number of unbranched alkanes of at least 4 members (excludes halogenated alkanes) is 3. The van der Waals surface area contributed by atoms with Crippen molar-refractivity contribution in [1.29, 1.82) is 0 Å². The van der Waals surface area contributed by atoms with Crippen LogP contribution in [0.4, 0.5) is 5.69 Å². The monoisotopic (exact) mass is 421 g/mol. The molecule has 0 saturated carbocycles. The highest BCUT2D eigenvalue weighted by atomic mass is 32.2. The summed E-state index contributed by atoms with van der Waals surface area (Å²) in [5.74, 6) is 0. The summed E-state index contributed by atoms with van der Waals surface area (Å²) in [7, 11) is -3.49. The predicted octanol–water partition coefficient (Wildman–Crippen LogP) is 3.65. The first-order chi connectivity index (χ1) is 14.1. The van der Waals surface area contributed by atoms with Gasteiger partial charge in [-0.1, -0.05) is 43.2 Å². The molecule has 1 aromatic carbocycles. The van der Waals surface area contributed by atoms with E-state index in [4.69, 9.17) is 4.74 Å². The number of benzene rings is 1. The van der Waals surface area contributed by atoms with Crippen LogP contribution >= 0.6 is 0 Å². The zero-order chi connectivity index (χ0) is 20.4. The largest absolute Gasteiger partial charge is 0.378 e. The Morgan fingerprint density at radius 3 is 2.45 bits per heavy atom. The molecule has 0 aromatic heterocycles. The van der Waals surface area contributed by atoms with Gasteiger partial charge in [-0.3, -0.25) is 9.62 Å². The molecule has 2 aliphatic rings. The minimum absolute atomic E-state index is 0.179. The Bertz CT molecular complexity index is 716. The Kier molecular flexibility index (Phi) is 8.98. The van der Waals surface area contributed by atoms with Crippen molar-refractivity contribution in [2.24, 2.45) is 0 Å². The van der Waals surface area contributed by atoms with Gasteiger partial charge >= 0.3 is 10.2 Å². The van der Waals surface area contributed by atoms with Crippen LogP contribution in [0.5, 0.6) is 0 Å². The molecule has 0 bridgehead atoms. The average molecular weight is 422 g/mol. The van der Waals surface area contributed by atoms with Gasteiger partial charge in [0.05, 0.1) is 6.10 Å². The summed E-state index contributed by atoms with van der Waals surface area (Å²) >= 11 is 0. The van der Waals surface area contributed by atoms with E-state index < -0.39 is 10.2 Å². The maximum Gasteiger partial charge on any atom is 0.301 e. The fourth-order valence-corrected chi connectivity index (χ4v) is 5.15. The zero-order valence-electron chi connectivity index (χ0n) is 17.3. The summed E-state index contributed by atoms with van der Waals surface area (Å²) in [4.78, 5) is 2.52. The van der Waals surface area contributed by atoms with E-state index in [1.165, 1.54) is 43.1 Å². The maximum atomic E-state index is 12.5. The summed E-state index contributed by atoms with van der Waals surface area (Å²) in [6.45, 7) is 5.32. The highest BCUT2D eigenvalue weighted by Gasteiger charge is 2.28. The van der Waals surface area contributed by atoms with Gasteiger partial charge in [-0.25, -0.2) is 0 Å². The molecule has 3 rings (SSSR count). The fraction of sp³-hybridized carbons (Fsp3) is 0.636. The first kappa shape index (κ1) is 22.3. The van der Waals surface area contributed by atoms with Crippen molar-refractivity contribution in [1.82, 2.24) is 9.21 Å². The number of rotatable bonds is 11. The van der Waals surface area contributed by atoms with E-state index in [0.29, 0.717) is 18.8 Å². The van der Waals surface area contributed by atoms with Crippen molar-refractivity contribution >= 4 is 15.9 Å². The van der Waals surface area contributed by atoms with E-state index in [-0.39, 0.29) is 6.10 Å². The summed E-state index contributed by atoms with van der Waals surface area (Å²) in [6.07, 6.45) is 12.3. The maximum absolute atomic E-state index is 12.5. The number of ether oxygens (including phenoxy) is 1. The third-order valence-electron chi connectivity index (χ3n) is 5.63. The van der Waals surface area contributed by atoms with Crippen LogP contribution in [0.1, 0.15) is 44.9 Å². The van der Waals surface area contributed by atoms with Gasteiger partial charge < -0.3 is 4.74 Å². The number of nitrogens with one attached hydrogen (secondary N) is 1. The van der Waals surface area contributed by atoms with Gasteiger partial charge in [-0.15, -0.1) is 0 Å². The van der Waals surface area contributed by atoms with Gasteiger partial charge in [0.25, 0.3) is 0 Å². The van der Waals surface area contributed by atoms with E-state index in [1.807, 2.05) is 18.2 Å². The number of nitrogens with zero attached hydrogens (tertiary/aromatic N) is 2. The molecule has 0 unspecified atom stereocenters. The minimum Gasteiger partial charge on any atom is -0.378 e. The fourth-order valence-electron chi connectivity index (χ4n) is 3.89. The normalized spacial score (nSPS) is 19.4. The lowest BCUT2D eigenvalue weighted by Crippen LogP contribution is -2.43. The highest BCUT2D eigenvalue weighted by Crippen LogP contribution is 2.19. The summed E-state index contributed by atoms with van der Waals surface area (Å²) in [5.41, 5.74) is 0.600. The number of piperidine rings is 1. The van der Waals surface area contributed by atoms with Crippen molar-refractivity contribution in [2.45, 2.75) is 51.0 Å². The molecule has 1 fully saturated rings. The van der Waals surface area contributed by atoms with Crippen LogP contribution in [0.15, 0.2) is 42.5 Å². The second kappa shape index (κ2) is 11.7. The predicted molar refractivity (Wildman–Crippen MR) is 118 cm³/mol. The second-order valence-electron chi connectivity index (χ2n) is 7.92. The molecule has 1 N–H and O–H groups in total. The summed E-state index contributed by atoms with van der Waals surface area (Å²) in [5, 5.41) is 0. The first-order valence-electron chi connectivity index (χ1n) is 11.0. The third-order valence-corrected chi connectivity index (χ3v) is 7.16. The van der Waals surface area contributed by atoms with Gasteiger partial charge in [-0.2, -0.15) is 12.7 Å². The Hall–Kier alpha value is -1.41. The molecular weight excluding hydrogens is 386 g/mol. The van der Waals surface area contributed by atoms with Crippen LogP contribution < -0.4 is 4.72 Å². The van der Waals surface area contributed by atoms with E-state index in [9.17, 15) is 8.42 Å². The molecular formula is C22H35N3O3S. The molecule has 0 amide bonds. The molecule has 2 heterocycles. The Morgan fingerprint density at radius 1 is 0.966 bits per heavy atom. The van der Waals surface area contributed by atoms with Crippen LogP contribution in [-0.2, 0) is 14.9 Å². The lowest BCUT2D eigenvalue weighted by molar-refractivity contribution is 0.0193. The molecule has 0 atom stereocenters. The molecule has 7 heteroatoms. The molecule has 0 spiro atoms. The molecule has 162 valence electrons. The van der Waals surface area contributed by atoms with Crippen LogP contribution in [-0.4, -0.2) is 63.1 Å². The number of anilines is 1. The van der Waals surface area contributed by atoms with Crippen molar-refractivity contribution in [3.63, 3.8) is 0 Å². The quantitative estimate of drug-likeness (QED) is 0.438. The van der Waals surface area contributed by atoms with Gasteiger partial charge in [0.15, 0.2) is 0 Å². The van der Waals surface area contributed by atoms with Gasteiger partial charge in [0.2, 0.25) is 0 Å². The van der Waals surface area contributed by atoms with Crippen molar-refractivity contribution in [2.75, 3.05) is 44.1 Å². The van der Waals surface area contributed by atoms with E-state index in [0.717, 1.165) is 32.4 Å². The number of hydrogen-bond acceptors (Lipinski definition) is 4. The van der Waals surface area contributed by atoms with Crippen molar-refractivity contribution < 1.29 is 13.2 Å². The van der Waals surface area contributed by atoms with Crippen LogP contribution in [0, 0.1) is 0 Å².